The van der Waals surface area contributed by atoms with Gasteiger partial charge in [-0.25, -0.2) is 0 Å². The molecule has 0 aliphatic carbocycles. The maximum absolute atomic E-state index is 10.2. The first-order valence-electron chi connectivity index (χ1n) is 4.67. The highest BCUT2D eigenvalue weighted by atomic mass is 35.5. The number of hydrogen-bond acceptors (Lipinski definition) is 5. The van der Waals surface area contributed by atoms with Crippen molar-refractivity contribution in [3.05, 3.63) is 17.3 Å². The molecule has 0 radical (unpaired) electrons. The summed E-state index contributed by atoms with van der Waals surface area (Å²) in [4.78, 5) is 10.2. The van der Waals surface area contributed by atoms with Gasteiger partial charge in [-0.1, -0.05) is 11.6 Å². The summed E-state index contributed by atoms with van der Waals surface area (Å²) < 4.78 is 0. The van der Waals surface area contributed by atoms with Crippen LogP contribution in [0.4, 0.5) is 5.82 Å². The Bertz CT molecular complexity index is 366. The highest BCUT2D eigenvalue weighted by Gasteiger charge is 1.94. The van der Waals surface area contributed by atoms with E-state index in [4.69, 9.17) is 16.7 Å². The van der Waals surface area contributed by atoms with Crippen molar-refractivity contribution >= 4 is 29.6 Å². The number of hydrazone groups is 1. The van der Waals surface area contributed by atoms with Gasteiger partial charge in [0.1, 0.15) is 0 Å². The molecule has 86 valence electrons. The summed E-state index contributed by atoms with van der Waals surface area (Å²) in [7, 11) is 0. The lowest BCUT2D eigenvalue weighted by Gasteiger charge is -1.96. The van der Waals surface area contributed by atoms with Gasteiger partial charge in [0.15, 0.2) is 11.0 Å². The normalized spacial score (nSPS) is 10.6. The topological polar surface area (TPSA) is 87.5 Å². The zero-order chi connectivity index (χ0) is 11.8. The van der Waals surface area contributed by atoms with Gasteiger partial charge in [0.25, 0.3) is 0 Å². The number of carboxylic acid groups (broad SMARTS) is 1. The quantitative estimate of drug-likeness (QED) is 0.451. The average Bonchev–Trinajstić information content (AvgIpc) is 2.25. The molecule has 6 nitrogen and oxygen atoms in total. The zero-order valence-corrected chi connectivity index (χ0v) is 9.18. The summed E-state index contributed by atoms with van der Waals surface area (Å²) in [5, 5.41) is 19.9. The first-order chi connectivity index (χ1) is 7.68. The third-order valence-corrected chi connectivity index (χ3v) is 1.83. The fourth-order valence-electron chi connectivity index (χ4n) is 0.897. The van der Waals surface area contributed by atoms with Gasteiger partial charge in [-0.05, 0) is 25.0 Å². The van der Waals surface area contributed by atoms with Crippen LogP contribution in [0.5, 0.6) is 0 Å². The molecule has 0 spiro atoms. The fourth-order valence-corrected chi connectivity index (χ4v) is 0.997. The van der Waals surface area contributed by atoms with Gasteiger partial charge in [-0.15, -0.1) is 10.2 Å². The van der Waals surface area contributed by atoms with E-state index >= 15 is 0 Å². The van der Waals surface area contributed by atoms with Crippen LogP contribution in [0.25, 0.3) is 0 Å². The molecule has 0 saturated heterocycles. The van der Waals surface area contributed by atoms with Crippen molar-refractivity contribution in [1.29, 1.82) is 0 Å². The molecule has 2 N–H and O–H groups in total. The lowest BCUT2D eigenvalue weighted by Crippen LogP contribution is -1.96. The number of carbonyl (C=O) groups is 1. The van der Waals surface area contributed by atoms with Gasteiger partial charge in [0, 0.05) is 12.6 Å². The lowest BCUT2D eigenvalue weighted by molar-refractivity contribution is -0.137. The van der Waals surface area contributed by atoms with E-state index in [0.29, 0.717) is 23.8 Å². The van der Waals surface area contributed by atoms with Crippen molar-refractivity contribution in [3.8, 4) is 0 Å². The number of aliphatic carboxylic acids is 1. The van der Waals surface area contributed by atoms with Crippen molar-refractivity contribution in [3.63, 3.8) is 0 Å². The Morgan fingerprint density at radius 3 is 3.00 bits per heavy atom. The summed E-state index contributed by atoms with van der Waals surface area (Å²) in [6, 6.07) is 3.24. The highest BCUT2D eigenvalue weighted by molar-refractivity contribution is 6.29. The first kappa shape index (κ1) is 12.4. The van der Waals surface area contributed by atoms with Crippen molar-refractivity contribution in [2.24, 2.45) is 5.10 Å². The smallest absolute Gasteiger partial charge is 0.303 e. The number of aromatic nitrogens is 2. The van der Waals surface area contributed by atoms with Gasteiger partial charge in [-0.2, -0.15) is 5.10 Å². The zero-order valence-electron chi connectivity index (χ0n) is 8.43. The Balaban J connectivity index is 2.21. The minimum Gasteiger partial charge on any atom is -0.481 e. The van der Waals surface area contributed by atoms with Crippen LogP contribution in [0.1, 0.15) is 19.3 Å². The monoisotopic (exact) mass is 242 g/mol. The average molecular weight is 243 g/mol. The van der Waals surface area contributed by atoms with Crippen LogP contribution in [0.2, 0.25) is 5.15 Å². The first-order valence-corrected chi connectivity index (χ1v) is 5.05. The molecule has 1 aromatic rings. The van der Waals surface area contributed by atoms with Gasteiger partial charge in [-0.3, -0.25) is 10.2 Å². The van der Waals surface area contributed by atoms with Crippen LogP contribution in [-0.4, -0.2) is 27.5 Å². The number of anilines is 1. The number of rotatable bonds is 6. The van der Waals surface area contributed by atoms with Crippen LogP contribution in [-0.2, 0) is 4.79 Å². The van der Waals surface area contributed by atoms with Gasteiger partial charge >= 0.3 is 5.97 Å². The second-order valence-corrected chi connectivity index (χ2v) is 3.34. The van der Waals surface area contributed by atoms with Crippen molar-refractivity contribution in [2.45, 2.75) is 19.3 Å². The second-order valence-electron chi connectivity index (χ2n) is 2.95. The van der Waals surface area contributed by atoms with E-state index in [1.807, 2.05) is 0 Å². The molecule has 16 heavy (non-hydrogen) atoms. The Kier molecular flexibility index (Phi) is 5.21. The minimum atomic E-state index is -0.801. The Hall–Kier alpha value is -1.69. The number of unbranched alkanes of at least 4 members (excludes halogenated alkanes) is 1. The van der Waals surface area contributed by atoms with Crippen molar-refractivity contribution in [1.82, 2.24) is 10.2 Å². The molecule has 0 bridgehead atoms. The standard InChI is InChI=1S/C9H11ClN4O2/c10-7-4-5-8(14-12-7)13-11-6-2-1-3-9(15)16/h4-6H,1-3H2,(H,13,14)(H,15,16). The number of carboxylic acids is 1. The minimum absolute atomic E-state index is 0.146. The molecule has 1 heterocycles. The van der Waals surface area contributed by atoms with Crippen molar-refractivity contribution in [2.75, 3.05) is 5.43 Å². The largest absolute Gasteiger partial charge is 0.481 e. The Labute approximate surface area is 97.3 Å². The summed E-state index contributed by atoms with van der Waals surface area (Å²) in [6.45, 7) is 0. The predicted molar refractivity (Wildman–Crippen MR) is 60.6 cm³/mol. The highest BCUT2D eigenvalue weighted by Crippen LogP contribution is 2.05. The Morgan fingerprint density at radius 2 is 2.38 bits per heavy atom. The van der Waals surface area contributed by atoms with Gasteiger partial charge < -0.3 is 5.11 Å². The molecule has 0 aromatic carbocycles. The number of nitrogens with zero attached hydrogens (tertiary/aromatic N) is 3. The maximum atomic E-state index is 10.2. The second kappa shape index (κ2) is 6.73. The van der Waals surface area contributed by atoms with E-state index in [-0.39, 0.29) is 6.42 Å². The van der Waals surface area contributed by atoms with E-state index in [1.54, 1.807) is 18.3 Å². The van der Waals surface area contributed by atoms with Crippen LogP contribution < -0.4 is 5.43 Å². The third-order valence-electron chi connectivity index (χ3n) is 1.63. The molecular formula is C9H11ClN4O2. The van der Waals surface area contributed by atoms with E-state index < -0.39 is 5.97 Å². The van der Waals surface area contributed by atoms with Gasteiger partial charge in [0.2, 0.25) is 0 Å². The molecule has 0 aliphatic rings. The van der Waals surface area contributed by atoms with Crippen LogP contribution >= 0.6 is 11.6 Å². The molecule has 0 saturated carbocycles. The molecular weight excluding hydrogens is 232 g/mol. The summed E-state index contributed by atoms with van der Waals surface area (Å²) in [6.07, 6.45) is 2.90. The van der Waals surface area contributed by atoms with Crippen LogP contribution in [0, 0.1) is 0 Å². The third kappa shape index (κ3) is 5.26. The van der Waals surface area contributed by atoms with E-state index in [9.17, 15) is 4.79 Å². The molecule has 7 heteroatoms. The maximum Gasteiger partial charge on any atom is 0.303 e. The fraction of sp³-hybridized carbons (Fsp3) is 0.333. The number of nitrogens with one attached hydrogen (secondary N) is 1. The Morgan fingerprint density at radius 1 is 1.56 bits per heavy atom. The number of halogens is 1. The molecule has 0 unspecified atom stereocenters. The van der Waals surface area contributed by atoms with Crippen LogP contribution in [0.3, 0.4) is 0 Å². The molecule has 0 amide bonds. The van der Waals surface area contributed by atoms with E-state index in [2.05, 4.69) is 20.7 Å². The molecule has 0 fully saturated rings. The molecule has 0 atom stereocenters. The summed E-state index contributed by atoms with van der Waals surface area (Å²) in [5.41, 5.74) is 2.65. The molecule has 1 aromatic heterocycles. The molecule has 0 aliphatic heterocycles. The number of hydrogen-bond donors (Lipinski definition) is 2. The van der Waals surface area contributed by atoms with E-state index in [0.717, 1.165) is 0 Å². The molecule has 1 rings (SSSR count). The summed E-state index contributed by atoms with van der Waals surface area (Å²) >= 11 is 5.55. The lowest BCUT2D eigenvalue weighted by atomic mass is 10.2. The summed E-state index contributed by atoms with van der Waals surface area (Å²) in [5.74, 6) is -0.316. The SMILES string of the molecule is O=C(O)CCCC=NNc1ccc(Cl)nn1. The van der Waals surface area contributed by atoms with Gasteiger partial charge in [0.05, 0.1) is 0 Å². The van der Waals surface area contributed by atoms with Crippen molar-refractivity contribution < 1.29 is 9.90 Å². The van der Waals surface area contributed by atoms with E-state index in [1.165, 1.54) is 0 Å². The van der Waals surface area contributed by atoms with Crippen LogP contribution in [0.15, 0.2) is 17.2 Å². The predicted octanol–water partition coefficient (Wildman–Crippen LogP) is 1.78.